The minimum absolute atomic E-state index is 0.182. The molecule has 144 valence electrons. The van der Waals surface area contributed by atoms with Gasteiger partial charge in [0, 0.05) is 42.1 Å². The van der Waals surface area contributed by atoms with Crippen molar-refractivity contribution < 1.29 is 9.53 Å². The van der Waals surface area contributed by atoms with Crippen molar-refractivity contribution in [2.24, 2.45) is 7.05 Å². The summed E-state index contributed by atoms with van der Waals surface area (Å²) in [6, 6.07) is 15.9. The summed E-state index contributed by atoms with van der Waals surface area (Å²) in [4.78, 5) is 12.4. The first kappa shape index (κ1) is 19.4. The van der Waals surface area contributed by atoms with Crippen LogP contribution in [0.5, 0.6) is 5.75 Å². The van der Waals surface area contributed by atoms with Crippen LogP contribution in [0.4, 0.5) is 5.69 Å². The molecule has 28 heavy (non-hydrogen) atoms. The van der Waals surface area contributed by atoms with Crippen LogP contribution < -0.4 is 10.1 Å². The maximum atomic E-state index is 12.4. The number of carbonyl (C=O) groups excluding carboxylic acids is 1. The number of benzene rings is 2. The van der Waals surface area contributed by atoms with Crippen LogP contribution in [0.2, 0.25) is 0 Å². The molecule has 0 aliphatic rings. The van der Waals surface area contributed by atoms with Gasteiger partial charge in [-0.25, -0.2) is 0 Å². The van der Waals surface area contributed by atoms with Crippen molar-refractivity contribution in [1.82, 2.24) is 9.78 Å². The molecule has 0 bridgehead atoms. The Morgan fingerprint density at radius 3 is 2.57 bits per heavy atom. The van der Waals surface area contributed by atoms with Gasteiger partial charge < -0.3 is 10.1 Å². The Kier molecular flexibility index (Phi) is 5.94. The number of anilines is 1. The molecule has 1 aromatic heterocycles. The lowest BCUT2D eigenvalue weighted by Crippen LogP contribution is -2.08. The van der Waals surface area contributed by atoms with E-state index in [9.17, 15) is 4.79 Å². The standard InChI is InChI=1S/C23H25N3O2/c1-16-21(17(2)26(3)25-16)11-13-23(27)24-20-10-12-22(28-4)19(15-20)14-18-8-6-5-7-9-18/h5-13,15H,14H2,1-4H3,(H,24,27)/b13-11+. The summed E-state index contributed by atoms with van der Waals surface area (Å²) >= 11 is 0. The van der Waals surface area contributed by atoms with Gasteiger partial charge >= 0.3 is 0 Å². The second-order valence-electron chi connectivity index (χ2n) is 6.72. The van der Waals surface area contributed by atoms with E-state index >= 15 is 0 Å². The van der Waals surface area contributed by atoms with E-state index in [-0.39, 0.29) is 5.91 Å². The Bertz CT molecular complexity index is 1000. The molecule has 3 aromatic rings. The van der Waals surface area contributed by atoms with E-state index in [1.165, 1.54) is 11.6 Å². The van der Waals surface area contributed by atoms with E-state index < -0.39 is 0 Å². The monoisotopic (exact) mass is 375 g/mol. The number of aromatic nitrogens is 2. The highest BCUT2D eigenvalue weighted by Crippen LogP contribution is 2.25. The third-order valence-electron chi connectivity index (χ3n) is 4.75. The van der Waals surface area contributed by atoms with Crippen molar-refractivity contribution >= 4 is 17.7 Å². The smallest absolute Gasteiger partial charge is 0.248 e. The lowest BCUT2D eigenvalue weighted by atomic mass is 10.0. The summed E-state index contributed by atoms with van der Waals surface area (Å²) in [5, 5.41) is 7.29. The molecule has 2 aromatic carbocycles. The van der Waals surface area contributed by atoms with E-state index in [2.05, 4.69) is 22.5 Å². The lowest BCUT2D eigenvalue weighted by Gasteiger charge is -2.11. The number of ether oxygens (including phenoxy) is 1. The Morgan fingerprint density at radius 2 is 1.93 bits per heavy atom. The third-order valence-corrected chi connectivity index (χ3v) is 4.75. The van der Waals surface area contributed by atoms with Crippen molar-refractivity contribution in [1.29, 1.82) is 0 Å². The highest BCUT2D eigenvalue weighted by molar-refractivity contribution is 6.02. The number of hydrogen-bond donors (Lipinski definition) is 1. The summed E-state index contributed by atoms with van der Waals surface area (Å²) in [5.41, 5.74) is 5.84. The van der Waals surface area contributed by atoms with Crippen molar-refractivity contribution in [2.45, 2.75) is 20.3 Å². The van der Waals surface area contributed by atoms with E-state index in [0.29, 0.717) is 0 Å². The summed E-state index contributed by atoms with van der Waals surface area (Å²) in [6.45, 7) is 3.92. The van der Waals surface area contributed by atoms with E-state index in [4.69, 9.17) is 4.74 Å². The minimum Gasteiger partial charge on any atom is -0.496 e. The minimum atomic E-state index is -0.182. The van der Waals surface area contributed by atoms with Gasteiger partial charge in [0.05, 0.1) is 12.8 Å². The number of carbonyl (C=O) groups is 1. The summed E-state index contributed by atoms with van der Waals surface area (Å²) in [7, 11) is 3.55. The predicted molar refractivity (Wildman–Crippen MR) is 113 cm³/mol. The molecule has 3 rings (SSSR count). The van der Waals surface area contributed by atoms with Crippen molar-refractivity contribution in [2.75, 3.05) is 12.4 Å². The molecule has 0 fully saturated rings. The lowest BCUT2D eigenvalue weighted by molar-refractivity contribution is -0.111. The van der Waals surface area contributed by atoms with Gasteiger partial charge in [0.25, 0.3) is 0 Å². The molecule has 1 N–H and O–H groups in total. The molecule has 0 saturated carbocycles. The average molecular weight is 375 g/mol. The maximum Gasteiger partial charge on any atom is 0.248 e. The molecular weight excluding hydrogens is 350 g/mol. The number of nitrogens with one attached hydrogen (secondary N) is 1. The Balaban J connectivity index is 1.75. The molecule has 5 heteroatoms. The fraction of sp³-hybridized carbons (Fsp3) is 0.217. The molecule has 0 unspecified atom stereocenters. The molecule has 1 heterocycles. The maximum absolute atomic E-state index is 12.4. The van der Waals surface area contributed by atoms with E-state index in [1.807, 2.05) is 62.0 Å². The molecule has 0 atom stereocenters. The second kappa shape index (κ2) is 8.57. The number of methoxy groups -OCH3 is 1. The van der Waals surface area contributed by atoms with Crippen LogP contribution in [0, 0.1) is 13.8 Å². The number of amides is 1. The van der Waals surface area contributed by atoms with E-state index in [1.54, 1.807) is 13.2 Å². The van der Waals surface area contributed by atoms with Gasteiger partial charge in [-0.15, -0.1) is 0 Å². The number of hydrogen-bond acceptors (Lipinski definition) is 3. The first-order chi connectivity index (χ1) is 13.5. The van der Waals surface area contributed by atoms with Crippen LogP contribution in [-0.4, -0.2) is 22.8 Å². The van der Waals surface area contributed by atoms with Gasteiger partial charge in [0.1, 0.15) is 5.75 Å². The summed E-state index contributed by atoms with van der Waals surface area (Å²) in [5.74, 6) is 0.623. The highest BCUT2D eigenvalue weighted by atomic mass is 16.5. The largest absolute Gasteiger partial charge is 0.496 e. The van der Waals surface area contributed by atoms with Gasteiger partial charge in [-0.1, -0.05) is 30.3 Å². The highest BCUT2D eigenvalue weighted by Gasteiger charge is 2.09. The Hall–Kier alpha value is -3.34. The van der Waals surface area contributed by atoms with Crippen LogP contribution in [0.25, 0.3) is 6.08 Å². The van der Waals surface area contributed by atoms with Gasteiger partial charge in [-0.2, -0.15) is 5.10 Å². The molecular formula is C23H25N3O2. The Labute approximate surface area is 165 Å². The number of aryl methyl sites for hydroxylation is 2. The fourth-order valence-electron chi connectivity index (χ4n) is 3.18. The first-order valence-electron chi connectivity index (χ1n) is 9.18. The van der Waals surface area contributed by atoms with Crippen molar-refractivity contribution in [3.8, 4) is 5.75 Å². The normalized spacial score (nSPS) is 11.0. The van der Waals surface area contributed by atoms with Crippen LogP contribution in [0.3, 0.4) is 0 Å². The second-order valence-corrected chi connectivity index (χ2v) is 6.72. The van der Waals surface area contributed by atoms with Gasteiger partial charge in [-0.05, 0) is 43.7 Å². The van der Waals surface area contributed by atoms with Gasteiger partial charge in [0.2, 0.25) is 5.91 Å². The predicted octanol–water partition coefficient (Wildman–Crippen LogP) is 4.29. The van der Waals surface area contributed by atoms with Crippen LogP contribution in [0.15, 0.2) is 54.6 Å². The molecule has 0 radical (unpaired) electrons. The van der Waals surface area contributed by atoms with Crippen LogP contribution in [-0.2, 0) is 18.3 Å². The molecule has 5 nitrogen and oxygen atoms in total. The zero-order chi connectivity index (χ0) is 20.1. The summed E-state index contributed by atoms with van der Waals surface area (Å²) in [6.07, 6.45) is 4.08. The molecule has 0 aliphatic carbocycles. The molecule has 1 amide bonds. The van der Waals surface area contributed by atoms with Crippen molar-refractivity contribution in [3.63, 3.8) is 0 Å². The SMILES string of the molecule is COc1ccc(NC(=O)/C=C/c2c(C)nn(C)c2C)cc1Cc1ccccc1. The summed E-state index contributed by atoms with van der Waals surface area (Å²) < 4.78 is 7.29. The third kappa shape index (κ3) is 4.49. The first-order valence-corrected chi connectivity index (χ1v) is 9.18. The molecule has 0 spiro atoms. The van der Waals surface area contributed by atoms with Crippen LogP contribution in [0.1, 0.15) is 28.1 Å². The zero-order valence-electron chi connectivity index (χ0n) is 16.7. The van der Waals surface area contributed by atoms with Crippen LogP contribution >= 0.6 is 0 Å². The average Bonchev–Trinajstić information content (AvgIpc) is 2.93. The number of nitrogens with zero attached hydrogens (tertiary/aromatic N) is 2. The fourth-order valence-corrected chi connectivity index (χ4v) is 3.18. The quantitative estimate of drug-likeness (QED) is 0.654. The zero-order valence-corrected chi connectivity index (χ0v) is 16.7. The van der Waals surface area contributed by atoms with Crippen molar-refractivity contribution in [3.05, 3.63) is 82.7 Å². The van der Waals surface area contributed by atoms with Gasteiger partial charge in [-0.3, -0.25) is 9.48 Å². The Morgan fingerprint density at radius 1 is 1.18 bits per heavy atom. The number of rotatable bonds is 6. The van der Waals surface area contributed by atoms with Gasteiger partial charge in [0.15, 0.2) is 0 Å². The van der Waals surface area contributed by atoms with E-state index in [0.717, 1.165) is 40.4 Å². The topological polar surface area (TPSA) is 56.1 Å². The molecule has 0 saturated heterocycles. The molecule has 0 aliphatic heterocycles.